The first kappa shape index (κ1) is 11.3. The molecule has 0 aromatic heterocycles. The minimum Gasteiger partial charge on any atom is -0.446 e. The van der Waals surface area contributed by atoms with E-state index in [4.69, 9.17) is 10.5 Å². The van der Waals surface area contributed by atoms with Crippen molar-refractivity contribution in [3.8, 4) is 0 Å². The van der Waals surface area contributed by atoms with E-state index in [1.165, 1.54) is 38.5 Å². The van der Waals surface area contributed by atoms with Gasteiger partial charge in [0.05, 0.1) is 0 Å². The Bertz CT molecular complexity index is 182. The van der Waals surface area contributed by atoms with Gasteiger partial charge < -0.3 is 10.5 Å². The van der Waals surface area contributed by atoms with Crippen molar-refractivity contribution in [2.24, 2.45) is 11.7 Å². The molecule has 1 amide bonds. The van der Waals surface area contributed by atoms with Gasteiger partial charge in [0, 0.05) is 0 Å². The molecule has 3 nitrogen and oxygen atoms in total. The molecule has 1 unspecified atom stereocenters. The second kappa shape index (κ2) is 5.89. The molecule has 0 aromatic rings. The highest BCUT2D eigenvalue weighted by molar-refractivity contribution is 5.64. The summed E-state index contributed by atoms with van der Waals surface area (Å²) < 4.78 is 5.14. The predicted octanol–water partition coefficient (Wildman–Crippen LogP) is 2.83. The zero-order valence-electron chi connectivity index (χ0n) is 9.00. The first-order chi connectivity index (χ1) is 6.74. The number of hydrogen-bond donors (Lipinski definition) is 1. The van der Waals surface area contributed by atoms with Gasteiger partial charge in [-0.2, -0.15) is 0 Å². The van der Waals surface area contributed by atoms with Crippen LogP contribution in [0.3, 0.4) is 0 Å². The molecule has 1 aliphatic rings. The van der Waals surface area contributed by atoms with E-state index in [2.05, 4.69) is 6.92 Å². The second-order valence-electron chi connectivity index (χ2n) is 4.16. The van der Waals surface area contributed by atoms with E-state index < -0.39 is 6.09 Å². The Morgan fingerprint density at radius 1 is 1.43 bits per heavy atom. The molecule has 1 saturated carbocycles. The summed E-state index contributed by atoms with van der Waals surface area (Å²) in [6, 6.07) is 0. The maximum atomic E-state index is 10.7. The highest BCUT2D eigenvalue weighted by Gasteiger charge is 2.26. The number of ether oxygens (including phenoxy) is 1. The number of rotatable bonds is 4. The summed E-state index contributed by atoms with van der Waals surface area (Å²) in [7, 11) is 0. The van der Waals surface area contributed by atoms with Crippen LogP contribution >= 0.6 is 0 Å². The standard InChI is InChI=1S/C11H21NO2/c1-2-3-6-9-7-4-5-8-10(9)14-11(12)13/h9-10H,2-8H2,1H3,(H2,12,13)/t9-,10?/m0/s1. The number of nitrogens with two attached hydrogens (primary N) is 1. The van der Waals surface area contributed by atoms with Gasteiger partial charge in [-0.15, -0.1) is 0 Å². The van der Waals surface area contributed by atoms with Crippen LogP contribution in [0.1, 0.15) is 51.9 Å². The first-order valence-electron chi connectivity index (χ1n) is 5.70. The number of amides is 1. The van der Waals surface area contributed by atoms with Crippen LogP contribution in [-0.4, -0.2) is 12.2 Å². The highest BCUT2D eigenvalue weighted by Crippen LogP contribution is 2.30. The Balaban J connectivity index is 2.37. The average Bonchev–Trinajstić information content (AvgIpc) is 2.16. The van der Waals surface area contributed by atoms with Crippen molar-refractivity contribution in [2.75, 3.05) is 0 Å². The van der Waals surface area contributed by atoms with Gasteiger partial charge in [0.1, 0.15) is 6.10 Å². The third-order valence-corrected chi connectivity index (χ3v) is 3.04. The molecule has 0 aliphatic heterocycles. The SMILES string of the molecule is CCCC[C@H]1CCCCC1OC(N)=O. The highest BCUT2D eigenvalue weighted by atomic mass is 16.6. The van der Waals surface area contributed by atoms with Gasteiger partial charge in [0.25, 0.3) is 0 Å². The maximum absolute atomic E-state index is 10.7. The topological polar surface area (TPSA) is 52.3 Å². The molecule has 1 aliphatic carbocycles. The summed E-state index contributed by atoms with van der Waals surface area (Å²) in [6.45, 7) is 2.19. The molecule has 3 heteroatoms. The van der Waals surface area contributed by atoms with Crippen molar-refractivity contribution >= 4 is 6.09 Å². The molecule has 2 N–H and O–H groups in total. The molecule has 0 aromatic carbocycles. The van der Waals surface area contributed by atoms with Crippen LogP contribution in [0.2, 0.25) is 0 Å². The van der Waals surface area contributed by atoms with Crippen molar-refractivity contribution in [3.05, 3.63) is 0 Å². The van der Waals surface area contributed by atoms with Crippen LogP contribution in [0.4, 0.5) is 4.79 Å². The summed E-state index contributed by atoms with van der Waals surface area (Å²) >= 11 is 0. The number of carbonyl (C=O) groups is 1. The van der Waals surface area contributed by atoms with Gasteiger partial charge in [-0.1, -0.05) is 26.2 Å². The molecular weight excluding hydrogens is 178 g/mol. The summed E-state index contributed by atoms with van der Waals surface area (Å²) in [5.74, 6) is 0.552. The van der Waals surface area contributed by atoms with Gasteiger partial charge in [0.2, 0.25) is 0 Å². The van der Waals surface area contributed by atoms with Crippen LogP contribution in [0.15, 0.2) is 0 Å². The molecule has 1 fully saturated rings. The molecule has 1 rings (SSSR count). The van der Waals surface area contributed by atoms with Crippen molar-refractivity contribution in [3.63, 3.8) is 0 Å². The molecule has 0 bridgehead atoms. The van der Waals surface area contributed by atoms with Crippen molar-refractivity contribution in [1.82, 2.24) is 0 Å². The third-order valence-electron chi connectivity index (χ3n) is 3.04. The minimum absolute atomic E-state index is 0.0906. The fourth-order valence-corrected chi connectivity index (χ4v) is 2.27. The number of carbonyl (C=O) groups excluding carboxylic acids is 1. The summed E-state index contributed by atoms with van der Waals surface area (Å²) in [5.41, 5.74) is 5.05. The number of primary amides is 1. The van der Waals surface area contributed by atoms with Gasteiger partial charge in [-0.25, -0.2) is 4.79 Å². The monoisotopic (exact) mass is 199 g/mol. The summed E-state index contributed by atoms with van der Waals surface area (Å²) in [5, 5.41) is 0. The quantitative estimate of drug-likeness (QED) is 0.757. The van der Waals surface area contributed by atoms with Crippen molar-refractivity contribution < 1.29 is 9.53 Å². The second-order valence-corrected chi connectivity index (χ2v) is 4.16. The largest absolute Gasteiger partial charge is 0.446 e. The van der Waals surface area contributed by atoms with E-state index in [0.29, 0.717) is 5.92 Å². The molecule has 0 heterocycles. The van der Waals surface area contributed by atoms with Gasteiger partial charge in [-0.3, -0.25) is 0 Å². The van der Waals surface area contributed by atoms with E-state index in [9.17, 15) is 4.79 Å². The Kier molecular flexibility index (Phi) is 4.77. The van der Waals surface area contributed by atoms with Gasteiger partial charge in [-0.05, 0) is 31.6 Å². The van der Waals surface area contributed by atoms with E-state index in [0.717, 1.165) is 6.42 Å². The van der Waals surface area contributed by atoms with Crippen molar-refractivity contribution in [1.29, 1.82) is 0 Å². The lowest BCUT2D eigenvalue weighted by Gasteiger charge is -2.30. The van der Waals surface area contributed by atoms with Crippen LogP contribution in [-0.2, 0) is 4.74 Å². The van der Waals surface area contributed by atoms with E-state index in [1.807, 2.05) is 0 Å². The van der Waals surface area contributed by atoms with Gasteiger partial charge in [0.15, 0.2) is 0 Å². The molecule has 0 radical (unpaired) electrons. The lowest BCUT2D eigenvalue weighted by Crippen LogP contribution is -2.32. The first-order valence-corrected chi connectivity index (χ1v) is 5.70. The Morgan fingerprint density at radius 3 is 2.79 bits per heavy atom. The van der Waals surface area contributed by atoms with Crippen LogP contribution in [0.25, 0.3) is 0 Å². The van der Waals surface area contributed by atoms with Gasteiger partial charge >= 0.3 is 6.09 Å². The lowest BCUT2D eigenvalue weighted by molar-refractivity contribution is 0.0389. The minimum atomic E-state index is -0.613. The van der Waals surface area contributed by atoms with Crippen LogP contribution < -0.4 is 5.73 Å². The van der Waals surface area contributed by atoms with Crippen LogP contribution in [0, 0.1) is 5.92 Å². The molecule has 0 saturated heterocycles. The third kappa shape index (κ3) is 3.56. The fraction of sp³-hybridized carbons (Fsp3) is 0.909. The zero-order valence-corrected chi connectivity index (χ0v) is 9.00. The van der Waals surface area contributed by atoms with Crippen molar-refractivity contribution in [2.45, 2.75) is 58.0 Å². The molecule has 82 valence electrons. The fourth-order valence-electron chi connectivity index (χ4n) is 2.27. The molecule has 14 heavy (non-hydrogen) atoms. The summed E-state index contributed by atoms with van der Waals surface area (Å²) in [4.78, 5) is 10.7. The maximum Gasteiger partial charge on any atom is 0.404 e. The smallest absolute Gasteiger partial charge is 0.404 e. The normalized spacial score (nSPS) is 27.2. The van der Waals surface area contributed by atoms with Crippen LogP contribution in [0.5, 0.6) is 0 Å². The molecule has 2 atom stereocenters. The van der Waals surface area contributed by atoms with E-state index >= 15 is 0 Å². The van der Waals surface area contributed by atoms with E-state index in [1.54, 1.807) is 0 Å². The lowest BCUT2D eigenvalue weighted by atomic mass is 9.83. The molecule has 0 spiro atoms. The Morgan fingerprint density at radius 2 is 2.14 bits per heavy atom. The average molecular weight is 199 g/mol. The number of hydrogen-bond acceptors (Lipinski definition) is 2. The van der Waals surface area contributed by atoms with E-state index in [-0.39, 0.29) is 6.10 Å². The predicted molar refractivity (Wildman–Crippen MR) is 55.9 cm³/mol. The zero-order chi connectivity index (χ0) is 10.4. The Hall–Kier alpha value is -0.730. The summed E-state index contributed by atoms with van der Waals surface area (Å²) in [6.07, 6.45) is 7.71. The molecular formula is C11H21NO2. The Labute approximate surface area is 86.0 Å². The number of unbranched alkanes of at least 4 members (excludes halogenated alkanes) is 1.